The number of rotatable bonds is 3. The summed E-state index contributed by atoms with van der Waals surface area (Å²) in [5.74, 6) is -0.415. The molecule has 128 valence electrons. The molecule has 1 N–H and O–H groups in total. The monoisotopic (exact) mass is 356 g/mol. The third-order valence-electron chi connectivity index (χ3n) is 3.93. The normalized spacial score (nSPS) is 15.7. The number of ether oxygens (including phenoxy) is 1. The molecule has 0 aromatic heterocycles. The molecule has 0 amide bonds. The lowest BCUT2D eigenvalue weighted by Crippen LogP contribution is -2.36. The Kier molecular flexibility index (Phi) is 4.39. The van der Waals surface area contributed by atoms with Gasteiger partial charge >= 0.3 is 0 Å². The SMILES string of the molecule is CC1(C)CC(=O)c2cc(C(=O)/C=C/c3ccc(Cl)cc3)c(O)cc2O1. The Labute approximate surface area is 150 Å². The number of carbonyl (C=O) groups is 2. The molecule has 25 heavy (non-hydrogen) atoms. The fourth-order valence-corrected chi connectivity index (χ4v) is 2.85. The van der Waals surface area contributed by atoms with Crippen LogP contribution in [0.5, 0.6) is 11.5 Å². The van der Waals surface area contributed by atoms with Gasteiger partial charge in [0, 0.05) is 11.1 Å². The Morgan fingerprint density at radius 1 is 1.24 bits per heavy atom. The lowest BCUT2D eigenvalue weighted by molar-refractivity contribution is 0.0619. The van der Waals surface area contributed by atoms with E-state index in [1.165, 1.54) is 18.2 Å². The summed E-state index contributed by atoms with van der Waals surface area (Å²) in [4.78, 5) is 24.7. The van der Waals surface area contributed by atoms with Crippen LogP contribution in [0.2, 0.25) is 5.02 Å². The van der Waals surface area contributed by atoms with Gasteiger partial charge < -0.3 is 9.84 Å². The Hall–Kier alpha value is -2.59. The average molecular weight is 357 g/mol. The molecule has 0 spiro atoms. The van der Waals surface area contributed by atoms with Gasteiger partial charge in [0.25, 0.3) is 0 Å². The highest BCUT2D eigenvalue weighted by molar-refractivity contribution is 6.30. The Balaban J connectivity index is 1.90. The van der Waals surface area contributed by atoms with E-state index in [4.69, 9.17) is 16.3 Å². The van der Waals surface area contributed by atoms with E-state index in [0.717, 1.165) is 5.56 Å². The molecule has 0 atom stereocenters. The molecule has 1 aliphatic rings. The quantitative estimate of drug-likeness (QED) is 0.640. The number of halogens is 1. The van der Waals surface area contributed by atoms with Gasteiger partial charge in [-0.15, -0.1) is 0 Å². The van der Waals surface area contributed by atoms with Crippen LogP contribution in [0.25, 0.3) is 6.08 Å². The number of hydrogen-bond donors (Lipinski definition) is 1. The molecule has 4 nitrogen and oxygen atoms in total. The van der Waals surface area contributed by atoms with Gasteiger partial charge in [0.05, 0.1) is 17.5 Å². The molecule has 0 aliphatic carbocycles. The van der Waals surface area contributed by atoms with Crippen LogP contribution < -0.4 is 4.74 Å². The first kappa shape index (κ1) is 17.2. The molecule has 0 radical (unpaired) electrons. The number of benzene rings is 2. The first-order valence-electron chi connectivity index (χ1n) is 7.82. The van der Waals surface area contributed by atoms with Crippen LogP contribution in [0.15, 0.2) is 42.5 Å². The van der Waals surface area contributed by atoms with Crippen molar-refractivity contribution in [3.8, 4) is 11.5 Å². The van der Waals surface area contributed by atoms with E-state index in [9.17, 15) is 14.7 Å². The maximum Gasteiger partial charge on any atom is 0.189 e. The molecule has 3 rings (SSSR count). The van der Waals surface area contributed by atoms with Crippen LogP contribution in [-0.2, 0) is 0 Å². The highest BCUT2D eigenvalue weighted by Crippen LogP contribution is 2.37. The second-order valence-corrected chi connectivity index (χ2v) is 7.01. The second-order valence-electron chi connectivity index (χ2n) is 6.58. The van der Waals surface area contributed by atoms with Crippen LogP contribution in [-0.4, -0.2) is 22.3 Å². The Bertz CT molecular complexity index is 879. The number of fused-ring (bicyclic) bond motifs is 1. The van der Waals surface area contributed by atoms with Crippen LogP contribution in [0.1, 0.15) is 46.5 Å². The van der Waals surface area contributed by atoms with Crippen molar-refractivity contribution in [3.63, 3.8) is 0 Å². The summed E-state index contributed by atoms with van der Waals surface area (Å²) in [6.07, 6.45) is 3.20. The predicted molar refractivity (Wildman–Crippen MR) is 96.6 cm³/mol. The van der Waals surface area contributed by atoms with E-state index in [2.05, 4.69) is 0 Å². The lowest BCUT2D eigenvalue weighted by Gasteiger charge is -2.31. The van der Waals surface area contributed by atoms with Crippen molar-refractivity contribution in [3.05, 3.63) is 64.2 Å². The van der Waals surface area contributed by atoms with Crippen LogP contribution in [0.3, 0.4) is 0 Å². The van der Waals surface area contributed by atoms with E-state index in [1.54, 1.807) is 44.2 Å². The topological polar surface area (TPSA) is 63.6 Å². The summed E-state index contributed by atoms with van der Waals surface area (Å²) >= 11 is 5.82. The van der Waals surface area contributed by atoms with Crippen molar-refractivity contribution in [2.24, 2.45) is 0 Å². The van der Waals surface area contributed by atoms with Gasteiger partial charge in [-0.3, -0.25) is 9.59 Å². The largest absolute Gasteiger partial charge is 0.507 e. The molecule has 0 fully saturated rings. The molecule has 2 aromatic carbocycles. The maximum absolute atomic E-state index is 12.4. The maximum atomic E-state index is 12.4. The zero-order valence-corrected chi connectivity index (χ0v) is 14.6. The predicted octanol–water partition coefficient (Wildman–Crippen LogP) is 4.69. The molecule has 2 aromatic rings. The van der Waals surface area contributed by atoms with Gasteiger partial charge in [-0.25, -0.2) is 0 Å². The third-order valence-corrected chi connectivity index (χ3v) is 4.19. The van der Waals surface area contributed by atoms with Crippen molar-refractivity contribution in [2.45, 2.75) is 25.9 Å². The number of Topliss-reactive ketones (excluding diaryl/α,β-unsaturated/α-hetero) is 1. The van der Waals surface area contributed by atoms with Crippen molar-refractivity contribution in [1.29, 1.82) is 0 Å². The lowest BCUT2D eigenvalue weighted by atomic mass is 9.91. The van der Waals surface area contributed by atoms with E-state index in [1.807, 2.05) is 0 Å². The molecule has 0 saturated carbocycles. The number of aromatic hydroxyl groups is 1. The summed E-state index contributed by atoms with van der Waals surface area (Å²) in [7, 11) is 0. The summed E-state index contributed by atoms with van der Waals surface area (Å²) in [6, 6.07) is 9.73. The zero-order chi connectivity index (χ0) is 18.2. The van der Waals surface area contributed by atoms with E-state index < -0.39 is 11.4 Å². The summed E-state index contributed by atoms with van der Waals surface area (Å²) in [5.41, 5.74) is 0.564. The summed E-state index contributed by atoms with van der Waals surface area (Å²) in [6.45, 7) is 3.61. The highest BCUT2D eigenvalue weighted by Gasteiger charge is 2.33. The van der Waals surface area contributed by atoms with Gasteiger partial charge in [-0.2, -0.15) is 0 Å². The van der Waals surface area contributed by atoms with E-state index in [0.29, 0.717) is 16.3 Å². The van der Waals surface area contributed by atoms with E-state index in [-0.39, 0.29) is 23.5 Å². The van der Waals surface area contributed by atoms with Crippen molar-refractivity contribution < 1.29 is 19.4 Å². The van der Waals surface area contributed by atoms with Gasteiger partial charge in [-0.1, -0.05) is 29.8 Å². The molecule has 0 bridgehead atoms. The first-order chi connectivity index (χ1) is 11.7. The standard InChI is InChI=1S/C20H17ClO4/c1-20(2)11-18(24)15-9-14(17(23)10-19(15)25-20)16(22)8-5-12-3-6-13(21)7-4-12/h3-10,23H,11H2,1-2H3/b8-5+. The summed E-state index contributed by atoms with van der Waals surface area (Å²) in [5, 5.41) is 10.8. The van der Waals surface area contributed by atoms with Crippen molar-refractivity contribution in [2.75, 3.05) is 0 Å². The van der Waals surface area contributed by atoms with Gasteiger partial charge in [0.2, 0.25) is 0 Å². The van der Waals surface area contributed by atoms with Crippen molar-refractivity contribution in [1.82, 2.24) is 0 Å². The number of phenolic OH excluding ortho intramolecular Hbond substituents is 1. The fourth-order valence-electron chi connectivity index (χ4n) is 2.72. The summed E-state index contributed by atoms with van der Waals surface area (Å²) < 4.78 is 5.72. The molecular formula is C20H17ClO4. The number of allylic oxidation sites excluding steroid dienone is 1. The minimum atomic E-state index is -0.628. The minimum Gasteiger partial charge on any atom is -0.507 e. The third kappa shape index (κ3) is 3.74. The van der Waals surface area contributed by atoms with Crippen LogP contribution in [0, 0.1) is 0 Å². The second kappa shape index (κ2) is 6.37. The molecule has 0 saturated heterocycles. The van der Waals surface area contributed by atoms with E-state index >= 15 is 0 Å². The minimum absolute atomic E-state index is 0.0700. The zero-order valence-electron chi connectivity index (χ0n) is 13.9. The fraction of sp³-hybridized carbons (Fsp3) is 0.200. The number of hydrogen-bond acceptors (Lipinski definition) is 4. The molecule has 1 aliphatic heterocycles. The average Bonchev–Trinajstić information content (AvgIpc) is 2.52. The molecule has 5 heteroatoms. The Morgan fingerprint density at radius 3 is 2.60 bits per heavy atom. The van der Waals surface area contributed by atoms with Gasteiger partial charge in [0.1, 0.15) is 17.1 Å². The molecular weight excluding hydrogens is 340 g/mol. The number of carbonyl (C=O) groups excluding carboxylic acids is 2. The number of phenols is 1. The van der Waals surface area contributed by atoms with Crippen molar-refractivity contribution >= 4 is 29.2 Å². The van der Waals surface area contributed by atoms with Gasteiger partial charge in [-0.05, 0) is 43.7 Å². The van der Waals surface area contributed by atoms with Crippen LogP contribution >= 0.6 is 11.6 Å². The van der Waals surface area contributed by atoms with Crippen LogP contribution in [0.4, 0.5) is 0 Å². The smallest absolute Gasteiger partial charge is 0.189 e. The highest BCUT2D eigenvalue weighted by atomic mass is 35.5. The molecule has 1 heterocycles. The molecule has 0 unspecified atom stereocenters. The first-order valence-corrected chi connectivity index (χ1v) is 8.20. The van der Waals surface area contributed by atoms with Gasteiger partial charge in [0.15, 0.2) is 11.6 Å². The number of ketones is 2. The Morgan fingerprint density at radius 2 is 1.92 bits per heavy atom.